The Bertz CT molecular complexity index is 1130. The largest absolute Gasteiger partial charge is 0.437 e. The van der Waals surface area contributed by atoms with Gasteiger partial charge in [0.1, 0.15) is 11.2 Å². The van der Waals surface area contributed by atoms with Gasteiger partial charge in [-0.05, 0) is 31.5 Å². The van der Waals surface area contributed by atoms with Crippen LogP contribution in [0.15, 0.2) is 48.9 Å². The van der Waals surface area contributed by atoms with E-state index in [4.69, 9.17) is 18.1 Å². The molecule has 0 saturated carbocycles. The fourth-order valence-corrected chi connectivity index (χ4v) is 3.08. The minimum atomic E-state index is 0.465. The first-order chi connectivity index (χ1) is 14.2. The van der Waals surface area contributed by atoms with Gasteiger partial charge in [0.25, 0.3) is 0 Å². The molecule has 0 aliphatic heterocycles. The van der Waals surface area contributed by atoms with E-state index in [1.807, 2.05) is 49.9 Å². The van der Waals surface area contributed by atoms with Gasteiger partial charge in [0, 0.05) is 31.6 Å². The average Bonchev–Trinajstić information content (AvgIpc) is 3.05. The molecule has 148 valence electrons. The second-order valence-electron chi connectivity index (χ2n) is 6.20. The number of hydrogen-bond donors (Lipinski definition) is 0. The van der Waals surface area contributed by atoms with Crippen molar-refractivity contribution in [3.05, 3.63) is 54.5 Å². The molecule has 0 atom stereocenters. The second-order valence-corrected chi connectivity index (χ2v) is 6.73. The molecule has 0 amide bonds. The van der Waals surface area contributed by atoms with E-state index in [1.54, 1.807) is 24.5 Å². The molecular weight excluding hydrogens is 390 g/mol. The summed E-state index contributed by atoms with van der Waals surface area (Å²) in [6.07, 6.45) is 5.08. The van der Waals surface area contributed by atoms with Crippen LogP contribution in [-0.2, 0) is 11.2 Å². The van der Waals surface area contributed by atoms with Crippen molar-refractivity contribution in [1.82, 2.24) is 24.5 Å². The smallest absolute Gasteiger partial charge is 0.225 e. The summed E-state index contributed by atoms with van der Waals surface area (Å²) in [5.41, 5.74) is 3.16. The normalized spacial score (nSPS) is 11.0. The number of aryl methyl sites for hydroxylation is 2. The van der Waals surface area contributed by atoms with Crippen molar-refractivity contribution >= 4 is 23.5 Å². The van der Waals surface area contributed by atoms with Crippen molar-refractivity contribution in [2.45, 2.75) is 13.8 Å². The number of nitrogens with zero attached hydrogens (tertiary/aromatic N) is 5. The second kappa shape index (κ2) is 8.46. The molecule has 0 saturated heterocycles. The first-order valence-electron chi connectivity index (χ1n) is 9.00. The molecule has 4 aromatic heterocycles. The fourth-order valence-electron chi connectivity index (χ4n) is 2.74. The molecule has 29 heavy (non-hydrogen) atoms. The number of aromatic nitrogens is 5. The van der Waals surface area contributed by atoms with E-state index in [9.17, 15) is 0 Å². The summed E-state index contributed by atoms with van der Waals surface area (Å²) in [5, 5.41) is 0. The van der Waals surface area contributed by atoms with Crippen molar-refractivity contribution in [3.8, 4) is 28.9 Å². The lowest BCUT2D eigenvalue weighted by Gasteiger charge is -2.11. The van der Waals surface area contributed by atoms with Crippen LogP contribution >= 0.6 is 12.3 Å². The van der Waals surface area contributed by atoms with Gasteiger partial charge in [-0.2, -0.15) is 0 Å². The Morgan fingerprint density at radius 2 is 2.00 bits per heavy atom. The summed E-state index contributed by atoms with van der Waals surface area (Å²) < 4.78 is 18.7. The van der Waals surface area contributed by atoms with Gasteiger partial charge in [0.2, 0.25) is 18.2 Å². The van der Waals surface area contributed by atoms with Crippen LogP contribution in [0.3, 0.4) is 0 Å². The van der Waals surface area contributed by atoms with Crippen molar-refractivity contribution in [3.63, 3.8) is 0 Å². The zero-order valence-electron chi connectivity index (χ0n) is 16.2. The summed E-state index contributed by atoms with van der Waals surface area (Å²) in [6, 6.07) is 9.16. The summed E-state index contributed by atoms with van der Waals surface area (Å²) in [4.78, 5) is 17.9. The molecule has 0 radical (unpaired) electrons. The van der Waals surface area contributed by atoms with Crippen LogP contribution < -0.4 is 8.92 Å². The quantitative estimate of drug-likeness (QED) is 0.326. The molecule has 0 aromatic carbocycles. The maximum atomic E-state index is 5.78. The summed E-state index contributed by atoms with van der Waals surface area (Å²) in [5.74, 6) is 2.06. The van der Waals surface area contributed by atoms with E-state index in [1.165, 1.54) is 0 Å². The topological polar surface area (TPSA) is 84.2 Å². The minimum absolute atomic E-state index is 0.465. The van der Waals surface area contributed by atoms with Crippen LogP contribution in [0.25, 0.3) is 22.7 Å². The van der Waals surface area contributed by atoms with E-state index in [0.29, 0.717) is 35.5 Å². The maximum Gasteiger partial charge on any atom is 0.225 e. The van der Waals surface area contributed by atoms with Gasteiger partial charge in [0.15, 0.2) is 23.0 Å². The summed E-state index contributed by atoms with van der Waals surface area (Å²) in [6.45, 7) is 4.37. The number of pyridine rings is 3. The van der Waals surface area contributed by atoms with Gasteiger partial charge in [0.05, 0.1) is 12.8 Å². The Kier molecular flexibility index (Phi) is 5.59. The van der Waals surface area contributed by atoms with Gasteiger partial charge in [-0.1, -0.05) is 6.07 Å². The fraction of sp³-hybridized carbons (Fsp3) is 0.200. The van der Waals surface area contributed by atoms with Gasteiger partial charge in [-0.15, -0.1) is 0 Å². The van der Waals surface area contributed by atoms with E-state index in [0.717, 1.165) is 29.1 Å². The molecule has 8 nitrogen and oxygen atoms in total. The number of ether oxygens (including phenoxy) is 1. The maximum absolute atomic E-state index is 5.78. The minimum Gasteiger partial charge on any atom is -0.437 e. The van der Waals surface area contributed by atoms with Crippen molar-refractivity contribution in [2.24, 2.45) is 7.05 Å². The number of rotatable bonds is 7. The van der Waals surface area contributed by atoms with E-state index >= 15 is 0 Å². The van der Waals surface area contributed by atoms with Gasteiger partial charge < -0.3 is 13.5 Å². The standard InChI is InChI=1S/C20H19N5O3S/c1-4-26-29-28-16-10-14(27-17-7-5-6-8-21-17)12-22-18(16)20-24-15-9-13(2)11-23-19(15)25(20)3/h5-12H,4H2,1-3H3. The predicted octanol–water partition coefficient (Wildman–Crippen LogP) is 4.50. The van der Waals surface area contributed by atoms with Crippen LogP contribution in [0.1, 0.15) is 12.5 Å². The van der Waals surface area contributed by atoms with Crippen LogP contribution in [0.5, 0.6) is 17.4 Å². The van der Waals surface area contributed by atoms with Crippen LogP contribution in [0.4, 0.5) is 0 Å². The van der Waals surface area contributed by atoms with Crippen molar-refractivity contribution in [2.75, 3.05) is 6.61 Å². The van der Waals surface area contributed by atoms with Crippen LogP contribution in [0, 0.1) is 6.92 Å². The molecule has 0 bridgehead atoms. The number of imidazole rings is 1. The summed E-state index contributed by atoms with van der Waals surface area (Å²) >= 11 is 0.882. The monoisotopic (exact) mass is 409 g/mol. The molecule has 0 fully saturated rings. The zero-order valence-corrected chi connectivity index (χ0v) is 17.0. The SMILES string of the molecule is CCOSOc1cc(Oc2ccccn2)cnc1-c1nc2cc(C)cnc2n1C. The Balaban J connectivity index is 1.74. The molecule has 9 heteroatoms. The molecule has 4 rings (SSSR count). The first kappa shape index (κ1) is 19.2. The van der Waals surface area contributed by atoms with Crippen molar-refractivity contribution in [1.29, 1.82) is 0 Å². The summed E-state index contributed by atoms with van der Waals surface area (Å²) in [7, 11) is 1.90. The van der Waals surface area contributed by atoms with E-state index < -0.39 is 0 Å². The first-order valence-corrected chi connectivity index (χ1v) is 9.67. The predicted molar refractivity (Wildman–Crippen MR) is 111 cm³/mol. The lowest BCUT2D eigenvalue weighted by molar-refractivity contribution is 0.369. The van der Waals surface area contributed by atoms with Gasteiger partial charge >= 0.3 is 0 Å². The molecule has 0 unspecified atom stereocenters. The third-order valence-corrected chi connectivity index (χ3v) is 4.61. The third-order valence-electron chi connectivity index (χ3n) is 4.04. The molecular formula is C20H19N5O3S. The molecule has 0 spiro atoms. The highest BCUT2D eigenvalue weighted by atomic mass is 32.2. The van der Waals surface area contributed by atoms with Crippen LogP contribution in [0.2, 0.25) is 0 Å². The van der Waals surface area contributed by atoms with E-state index in [-0.39, 0.29) is 0 Å². The Morgan fingerprint density at radius 3 is 2.79 bits per heavy atom. The Hall–Kier alpha value is -3.17. The third kappa shape index (κ3) is 4.15. The van der Waals surface area contributed by atoms with Gasteiger partial charge in [-0.25, -0.2) is 19.9 Å². The van der Waals surface area contributed by atoms with Gasteiger partial charge in [-0.3, -0.25) is 4.18 Å². The number of fused-ring (bicyclic) bond motifs is 1. The lowest BCUT2D eigenvalue weighted by Crippen LogP contribution is -1.99. The Labute approximate surface area is 172 Å². The molecule has 4 aromatic rings. The highest BCUT2D eigenvalue weighted by Gasteiger charge is 2.19. The highest BCUT2D eigenvalue weighted by Crippen LogP contribution is 2.35. The highest BCUT2D eigenvalue weighted by molar-refractivity contribution is 7.90. The average molecular weight is 409 g/mol. The molecule has 0 aliphatic carbocycles. The molecule has 0 N–H and O–H groups in total. The lowest BCUT2D eigenvalue weighted by atomic mass is 10.3. The number of hydrogen-bond acceptors (Lipinski definition) is 8. The Morgan fingerprint density at radius 1 is 1.10 bits per heavy atom. The molecule has 4 heterocycles. The van der Waals surface area contributed by atoms with Crippen molar-refractivity contribution < 1.29 is 13.1 Å². The molecule has 0 aliphatic rings. The van der Waals surface area contributed by atoms with E-state index in [2.05, 4.69) is 15.0 Å². The zero-order chi connectivity index (χ0) is 20.2. The van der Waals surface area contributed by atoms with Crippen LogP contribution in [-0.4, -0.2) is 31.1 Å².